The Hall–Kier alpha value is 0.101. The van der Waals surface area contributed by atoms with Crippen molar-refractivity contribution in [1.29, 1.82) is 0 Å². The van der Waals surface area contributed by atoms with Crippen LogP contribution in [0.5, 0.6) is 0 Å². The van der Waals surface area contributed by atoms with Gasteiger partial charge in [-0.15, -0.1) is 0 Å². The quantitative estimate of drug-likeness (QED) is 0.293. The summed E-state index contributed by atoms with van der Waals surface area (Å²) < 4.78 is 39.9. The van der Waals surface area contributed by atoms with Gasteiger partial charge in [0, 0.05) is 26.4 Å². The minimum atomic E-state index is 1.00. The Kier molecular flexibility index (Phi) is 76.7. The normalized spacial score (nSPS) is 16.4. The molecule has 2 saturated heterocycles. The van der Waals surface area contributed by atoms with Crippen LogP contribution in [0.15, 0.2) is 0 Å². The fourth-order valence-electron chi connectivity index (χ4n) is 1.66. The zero-order valence-electron chi connectivity index (χ0n) is 16.7. The molecule has 2 aliphatic carbocycles. The van der Waals surface area contributed by atoms with Gasteiger partial charge in [0.2, 0.25) is 0 Å². The van der Waals surface area contributed by atoms with E-state index in [2.05, 4.69) is 39.0 Å². The minimum absolute atomic E-state index is 1.00. The van der Waals surface area contributed by atoms with E-state index in [4.69, 9.17) is 28.1 Å². The van der Waals surface area contributed by atoms with Crippen LogP contribution in [0.3, 0.4) is 0 Å². The molecule has 0 unspecified atom stereocenters. The van der Waals surface area contributed by atoms with Crippen molar-refractivity contribution >= 4 is 0 Å². The van der Waals surface area contributed by atoms with Gasteiger partial charge in [-0.25, -0.2) is 0 Å². The third-order valence-corrected chi connectivity index (χ3v) is 2.77. The van der Waals surface area contributed by atoms with Gasteiger partial charge in [-0.3, -0.25) is 0 Å². The molecule has 0 bridgehead atoms. The maximum atomic E-state index is 7.50. The SMILES string of the molecule is C1CCOC1.C1CCOC1.[C-]#[O+].[C-]#[O+].[C-]#[O+].[C-]#[O+].[CH]1[CH][CH][CH][CH]1.[CH]1[CH][CH][CH][CH]1.[Ti]=[Co]. The first-order valence-corrected chi connectivity index (χ1v) is 11.1. The van der Waals surface area contributed by atoms with Crippen molar-refractivity contribution in [2.24, 2.45) is 0 Å². The molecule has 0 amide bonds. The summed E-state index contributed by atoms with van der Waals surface area (Å²) in [5.74, 6) is 0. The predicted molar refractivity (Wildman–Crippen MR) is 98.8 cm³/mol. The van der Waals surface area contributed by atoms with E-state index < -0.39 is 0 Å². The van der Waals surface area contributed by atoms with Crippen molar-refractivity contribution < 1.29 is 58.3 Å². The Morgan fingerprint density at radius 1 is 0.433 bits per heavy atom. The second-order valence-corrected chi connectivity index (χ2v) is 4.56. The van der Waals surface area contributed by atoms with Gasteiger partial charge < -0.3 is 9.47 Å². The molecule has 4 fully saturated rings. The molecule has 0 spiro atoms. The summed E-state index contributed by atoms with van der Waals surface area (Å²) in [7, 11) is 0. The first-order valence-electron chi connectivity index (χ1n) is 8.47. The van der Waals surface area contributed by atoms with E-state index in [0.29, 0.717) is 0 Å². The molecule has 0 N–H and O–H groups in total. The molecule has 4 aliphatic rings. The van der Waals surface area contributed by atoms with Crippen LogP contribution in [-0.2, 0) is 58.3 Å². The third-order valence-electron chi connectivity index (χ3n) is 2.77. The molecule has 0 atom stereocenters. The molecule has 2 heterocycles. The second-order valence-electron chi connectivity index (χ2n) is 4.56. The van der Waals surface area contributed by atoms with Gasteiger partial charge in [0.25, 0.3) is 0 Å². The van der Waals surface area contributed by atoms with Crippen LogP contribution in [-0.4, -0.2) is 26.4 Å². The van der Waals surface area contributed by atoms with Gasteiger partial charge in [-0.2, -0.15) is 0 Å². The fourth-order valence-corrected chi connectivity index (χ4v) is 1.66. The Labute approximate surface area is 200 Å². The first-order chi connectivity index (χ1) is 15.0. The van der Waals surface area contributed by atoms with E-state index in [-0.39, 0.29) is 0 Å². The molecule has 2 aliphatic heterocycles. The monoisotopic (exact) mass is 493 g/mol. The molecule has 0 aromatic carbocycles. The Morgan fingerprint density at radius 3 is 0.633 bits per heavy atom. The van der Waals surface area contributed by atoms with E-state index in [9.17, 15) is 0 Å². The van der Waals surface area contributed by atoms with Crippen LogP contribution in [0.2, 0.25) is 0 Å². The van der Waals surface area contributed by atoms with Gasteiger partial charge >= 0.3 is 75.5 Å². The summed E-state index contributed by atoms with van der Waals surface area (Å²) in [6.07, 6.45) is 25.1. The molecular formula is C22H26CoO6Ti. The summed E-state index contributed by atoms with van der Waals surface area (Å²) in [6, 6.07) is 0. The van der Waals surface area contributed by atoms with E-state index in [1.54, 1.807) is 17.8 Å². The fraction of sp³-hybridized carbons (Fsp3) is 0.364. The molecule has 163 valence electrons. The van der Waals surface area contributed by atoms with Crippen LogP contribution < -0.4 is 0 Å². The summed E-state index contributed by atoms with van der Waals surface area (Å²) >= 11 is 5.25. The third kappa shape index (κ3) is 51.1. The molecular weight excluding hydrogens is 467 g/mol. The summed E-state index contributed by atoms with van der Waals surface area (Å²) in [4.78, 5) is 0. The Morgan fingerprint density at radius 2 is 0.567 bits per heavy atom. The molecule has 0 aromatic heterocycles. The van der Waals surface area contributed by atoms with Crippen molar-refractivity contribution in [2.45, 2.75) is 25.7 Å². The average Bonchev–Trinajstić information content (AvgIpc) is 3.69. The standard InChI is InChI=1S/2C5H5.2C4H8O.4CO.Co.Ti/c4*1-2-4-5-3-1;4*1-2;;/h2*1-5H;2*1-4H2;;;;;;. The second kappa shape index (κ2) is 56.9. The van der Waals surface area contributed by atoms with Gasteiger partial charge in [-0.05, 0) is 89.9 Å². The van der Waals surface area contributed by atoms with Gasteiger partial charge in [0.15, 0.2) is 0 Å². The maximum absolute atomic E-state index is 7.50. The van der Waals surface area contributed by atoms with Crippen LogP contribution in [0.4, 0.5) is 0 Å². The topological polar surface area (TPSA) is 98.1 Å². The van der Waals surface area contributed by atoms with Crippen molar-refractivity contribution in [3.05, 3.63) is 90.8 Å². The molecule has 4 rings (SSSR count). The van der Waals surface area contributed by atoms with Crippen molar-refractivity contribution in [2.75, 3.05) is 26.4 Å². The van der Waals surface area contributed by atoms with Gasteiger partial charge in [-0.1, -0.05) is 0 Å². The van der Waals surface area contributed by atoms with Gasteiger partial charge in [0.05, 0.1) is 0 Å². The molecule has 6 nitrogen and oxygen atoms in total. The van der Waals surface area contributed by atoms with Crippen molar-refractivity contribution in [3.8, 4) is 0 Å². The van der Waals surface area contributed by atoms with Crippen LogP contribution in [0, 0.1) is 90.8 Å². The van der Waals surface area contributed by atoms with Crippen LogP contribution in [0.1, 0.15) is 25.7 Å². The number of hydrogen-bond donors (Lipinski definition) is 0. The van der Waals surface area contributed by atoms with E-state index in [1.165, 1.54) is 25.7 Å². The van der Waals surface area contributed by atoms with E-state index in [0.717, 1.165) is 26.4 Å². The Balaban J connectivity index is -0.0000000815. The summed E-state index contributed by atoms with van der Waals surface area (Å²) in [6.45, 7) is 22.0. The average molecular weight is 493 g/mol. The zero-order valence-corrected chi connectivity index (χ0v) is 19.3. The van der Waals surface area contributed by atoms with E-state index in [1.807, 2.05) is 64.2 Å². The van der Waals surface area contributed by atoms with E-state index >= 15 is 0 Å². The number of rotatable bonds is 0. The Bertz CT molecular complexity index is 237. The number of ether oxygens (including phenoxy) is 2. The molecule has 8 heteroatoms. The molecule has 2 saturated carbocycles. The summed E-state index contributed by atoms with van der Waals surface area (Å²) in [5.41, 5.74) is 0. The molecule has 10 radical (unpaired) electrons. The van der Waals surface area contributed by atoms with Crippen molar-refractivity contribution in [1.82, 2.24) is 0 Å². The van der Waals surface area contributed by atoms with Gasteiger partial charge in [0.1, 0.15) is 0 Å². The van der Waals surface area contributed by atoms with Crippen molar-refractivity contribution in [3.63, 3.8) is 0 Å². The van der Waals surface area contributed by atoms with Crippen LogP contribution >= 0.6 is 0 Å². The number of hydrogen-bond acceptors (Lipinski definition) is 2. The molecule has 30 heavy (non-hydrogen) atoms. The predicted octanol–water partition coefficient (Wildman–Crippen LogP) is 3.48. The molecule has 0 aromatic rings. The first kappa shape index (κ1) is 40.5. The summed E-state index contributed by atoms with van der Waals surface area (Å²) in [5, 5.41) is 0. The zero-order chi connectivity index (χ0) is 24.1. The van der Waals surface area contributed by atoms with Crippen LogP contribution in [0.25, 0.3) is 0 Å².